The van der Waals surface area contributed by atoms with Gasteiger partial charge in [-0.25, -0.2) is 0 Å². The van der Waals surface area contributed by atoms with Crippen molar-refractivity contribution in [3.05, 3.63) is 52.4 Å². The van der Waals surface area contributed by atoms with Crippen molar-refractivity contribution in [1.29, 1.82) is 0 Å². The lowest BCUT2D eigenvalue weighted by Gasteiger charge is -2.11. The average Bonchev–Trinajstić information content (AvgIpc) is 2.75. The standard InChI is InChI=1S/C18H19NOS/c1-11-9-16-12(2)13(3)21-18(16)10-17(11)19-14-5-7-15(20-4)8-6-14/h5-10,19H,1-4H3. The Morgan fingerprint density at radius 1 is 1.00 bits per heavy atom. The Kier molecular flexibility index (Phi) is 3.60. The molecule has 2 aromatic carbocycles. The largest absolute Gasteiger partial charge is 0.497 e. The van der Waals surface area contributed by atoms with E-state index in [9.17, 15) is 0 Å². The van der Waals surface area contributed by atoms with Crippen LogP contribution in [0.25, 0.3) is 10.1 Å². The van der Waals surface area contributed by atoms with Crippen LogP contribution in [0.2, 0.25) is 0 Å². The fraction of sp³-hybridized carbons (Fsp3) is 0.222. The molecule has 21 heavy (non-hydrogen) atoms. The van der Waals surface area contributed by atoms with Crippen LogP contribution in [-0.4, -0.2) is 7.11 Å². The van der Waals surface area contributed by atoms with Crippen molar-refractivity contribution in [1.82, 2.24) is 0 Å². The predicted molar refractivity (Wildman–Crippen MR) is 92.3 cm³/mol. The van der Waals surface area contributed by atoms with Gasteiger partial charge < -0.3 is 10.1 Å². The number of methoxy groups -OCH3 is 1. The maximum atomic E-state index is 5.19. The molecule has 0 saturated carbocycles. The summed E-state index contributed by atoms with van der Waals surface area (Å²) in [5.41, 5.74) is 4.89. The molecule has 0 amide bonds. The number of hydrogen-bond donors (Lipinski definition) is 1. The Labute approximate surface area is 129 Å². The zero-order valence-electron chi connectivity index (χ0n) is 12.8. The third-order valence-corrected chi connectivity index (χ3v) is 5.06. The van der Waals surface area contributed by atoms with E-state index >= 15 is 0 Å². The predicted octanol–water partition coefficient (Wildman–Crippen LogP) is 5.58. The monoisotopic (exact) mass is 297 g/mol. The van der Waals surface area contributed by atoms with Crippen molar-refractivity contribution < 1.29 is 4.74 Å². The molecule has 0 saturated heterocycles. The van der Waals surface area contributed by atoms with Crippen LogP contribution >= 0.6 is 11.3 Å². The Hall–Kier alpha value is -2.00. The smallest absolute Gasteiger partial charge is 0.119 e. The molecule has 108 valence electrons. The van der Waals surface area contributed by atoms with Crippen molar-refractivity contribution in [2.75, 3.05) is 12.4 Å². The van der Waals surface area contributed by atoms with Crippen molar-refractivity contribution in [3.8, 4) is 5.75 Å². The Balaban J connectivity index is 1.97. The summed E-state index contributed by atoms with van der Waals surface area (Å²) in [7, 11) is 1.68. The van der Waals surface area contributed by atoms with Gasteiger partial charge in [0.25, 0.3) is 0 Å². The van der Waals surface area contributed by atoms with Crippen LogP contribution < -0.4 is 10.1 Å². The molecule has 0 fully saturated rings. The van der Waals surface area contributed by atoms with Crippen molar-refractivity contribution in [2.24, 2.45) is 0 Å². The minimum Gasteiger partial charge on any atom is -0.497 e. The molecule has 0 aliphatic rings. The normalized spacial score (nSPS) is 10.9. The van der Waals surface area contributed by atoms with Crippen LogP contribution in [0.5, 0.6) is 5.75 Å². The summed E-state index contributed by atoms with van der Waals surface area (Å²) in [6.45, 7) is 6.54. The molecule has 3 rings (SSSR count). The summed E-state index contributed by atoms with van der Waals surface area (Å²) in [6.07, 6.45) is 0. The van der Waals surface area contributed by atoms with Gasteiger partial charge in [0.05, 0.1) is 7.11 Å². The first-order valence-corrected chi connectivity index (χ1v) is 7.81. The molecule has 1 N–H and O–H groups in total. The number of aryl methyl sites for hydroxylation is 3. The van der Waals surface area contributed by atoms with E-state index in [0.29, 0.717) is 0 Å². The van der Waals surface area contributed by atoms with Gasteiger partial charge in [0.1, 0.15) is 5.75 Å². The number of anilines is 2. The SMILES string of the molecule is COc1ccc(Nc2cc3sc(C)c(C)c3cc2C)cc1. The molecular formula is C18H19NOS. The molecule has 0 aliphatic heterocycles. The molecular weight excluding hydrogens is 278 g/mol. The fourth-order valence-electron chi connectivity index (χ4n) is 2.46. The van der Waals surface area contributed by atoms with Crippen molar-refractivity contribution in [2.45, 2.75) is 20.8 Å². The minimum absolute atomic E-state index is 0.872. The van der Waals surface area contributed by atoms with E-state index in [1.807, 2.05) is 35.6 Å². The van der Waals surface area contributed by atoms with Gasteiger partial charge in [-0.1, -0.05) is 0 Å². The lowest BCUT2D eigenvalue weighted by molar-refractivity contribution is 0.415. The molecule has 0 radical (unpaired) electrons. The summed E-state index contributed by atoms with van der Waals surface area (Å²) in [4.78, 5) is 1.39. The summed E-state index contributed by atoms with van der Waals surface area (Å²) < 4.78 is 6.53. The first-order chi connectivity index (χ1) is 10.1. The zero-order valence-corrected chi connectivity index (χ0v) is 13.6. The van der Waals surface area contributed by atoms with Gasteiger partial charge in [-0.3, -0.25) is 0 Å². The van der Waals surface area contributed by atoms with Crippen molar-refractivity contribution >= 4 is 32.8 Å². The van der Waals surface area contributed by atoms with Gasteiger partial charge >= 0.3 is 0 Å². The fourth-order valence-corrected chi connectivity index (χ4v) is 3.55. The Morgan fingerprint density at radius 3 is 2.38 bits per heavy atom. The second-order valence-electron chi connectivity index (χ2n) is 5.30. The van der Waals surface area contributed by atoms with Gasteiger partial charge in [-0.15, -0.1) is 11.3 Å². The number of thiophene rings is 1. The van der Waals surface area contributed by atoms with Gasteiger partial charge in [0.2, 0.25) is 0 Å². The van der Waals surface area contributed by atoms with Crippen LogP contribution in [0.4, 0.5) is 11.4 Å². The topological polar surface area (TPSA) is 21.3 Å². The number of rotatable bonds is 3. The quantitative estimate of drug-likeness (QED) is 0.681. The molecule has 3 heteroatoms. The second kappa shape index (κ2) is 5.41. The highest BCUT2D eigenvalue weighted by Gasteiger charge is 2.08. The van der Waals surface area contributed by atoms with Crippen LogP contribution in [0, 0.1) is 20.8 Å². The van der Waals surface area contributed by atoms with E-state index in [1.165, 1.54) is 26.1 Å². The average molecular weight is 297 g/mol. The highest BCUT2D eigenvalue weighted by Crippen LogP contribution is 2.35. The second-order valence-corrected chi connectivity index (χ2v) is 6.56. The summed E-state index contributed by atoms with van der Waals surface area (Å²) in [6, 6.07) is 12.5. The lowest BCUT2D eigenvalue weighted by Crippen LogP contribution is -1.93. The van der Waals surface area contributed by atoms with E-state index in [-0.39, 0.29) is 0 Å². The van der Waals surface area contributed by atoms with Crippen LogP contribution in [0.15, 0.2) is 36.4 Å². The van der Waals surface area contributed by atoms with E-state index in [4.69, 9.17) is 4.74 Å². The first-order valence-electron chi connectivity index (χ1n) is 7.00. The summed E-state index contributed by atoms with van der Waals surface area (Å²) in [5, 5.41) is 4.87. The number of ether oxygens (including phenoxy) is 1. The summed E-state index contributed by atoms with van der Waals surface area (Å²) in [5.74, 6) is 0.872. The maximum Gasteiger partial charge on any atom is 0.119 e. The summed E-state index contributed by atoms with van der Waals surface area (Å²) >= 11 is 1.86. The number of fused-ring (bicyclic) bond motifs is 1. The molecule has 0 bridgehead atoms. The van der Waals surface area contributed by atoms with E-state index < -0.39 is 0 Å². The highest BCUT2D eigenvalue weighted by atomic mass is 32.1. The molecule has 1 heterocycles. The van der Waals surface area contributed by atoms with Gasteiger partial charge in [-0.2, -0.15) is 0 Å². The third kappa shape index (κ3) is 2.61. The van der Waals surface area contributed by atoms with Gasteiger partial charge in [0.15, 0.2) is 0 Å². The molecule has 0 unspecified atom stereocenters. The van der Waals surface area contributed by atoms with E-state index in [1.54, 1.807) is 7.11 Å². The molecule has 3 aromatic rings. The molecule has 1 aromatic heterocycles. The van der Waals surface area contributed by atoms with Crippen LogP contribution in [0.3, 0.4) is 0 Å². The Morgan fingerprint density at radius 2 is 1.71 bits per heavy atom. The molecule has 0 aliphatic carbocycles. The highest BCUT2D eigenvalue weighted by molar-refractivity contribution is 7.19. The van der Waals surface area contributed by atoms with E-state index in [0.717, 1.165) is 17.1 Å². The molecule has 0 atom stereocenters. The number of nitrogens with one attached hydrogen (secondary N) is 1. The molecule has 2 nitrogen and oxygen atoms in total. The van der Waals surface area contributed by atoms with Crippen molar-refractivity contribution in [3.63, 3.8) is 0 Å². The Bertz CT molecular complexity index is 787. The lowest BCUT2D eigenvalue weighted by atomic mass is 10.1. The van der Waals surface area contributed by atoms with E-state index in [2.05, 4.69) is 38.2 Å². The van der Waals surface area contributed by atoms with Gasteiger partial charge in [-0.05, 0) is 73.7 Å². The number of benzene rings is 2. The maximum absolute atomic E-state index is 5.19. The minimum atomic E-state index is 0.872. The van der Waals surface area contributed by atoms with Crippen LogP contribution in [-0.2, 0) is 0 Å². The first kappa shape index (κ1) is 14.0. The third-order valence-electron chi connectivity index (χ3n) is 3.89. The van der Waals surface area contributed by atoms with Gasteiger partial charge in [0, 0.05) is 21.0 Å². The zero-order chi connectivity index (χ0) is 15.0. The van der Waals surface area contributed by atoms with Crippen LogP contribution in [0.1, 0.15) is 16.0 Å². The molecule has 0 spiro atoms. The number of hydrogen-bond acceptors (Lipinski definition) is 3.